The Morgan fingerprint density at radius 3 is 2.25 bits per heavy atom. The van der Waals surface area contributed by atoms with Crippen LogP contribution in [0.25, 0.3) is 0 Å². The summed E-state index contributed by atoms with van der Waals surface area (Å²) >= 11 is 0. The maximum atomic E-state index is 12.1. The molecule has 24 heavy (non-hydrogen) atoms. The molecule has 5 nitrogen and oxygen atoms in total. The van der Waals surface area contributed by atoms with Gasteiger partial charge in [-0.15, -0.1) is 0 Å². The van der Waals surface area contributed by atoms with Crippen molar-refractivity contribution >= 4 is 23.4 Å². The molecule has 3 amide bonds. The fourth-order valence-electron chi connectivity index (χ4n) is 3.61. The molecule has 1 aromatic rings. The zero-order chi connectivity index (χ0) is 18.1. The molecule has 0 bridgehead atoms. The summed E-state index contributed by atoms with van der Waals surface area (Å²) in [6, 6.07) is 5.22. The Hall–Kier alpha value is -2.17. The van der Waals surface area contributed by atoms with Gasteiger partial charge < -0.3 is 5.32 Å². The molecule has 2 rings (SSSR count). The molecule has 0 radical (unpaired) electrons. The summed E-state index contributed by atoms with van der Waals surface area (Å²) in [5.41, 5.74) is 2.43. The third-order valence-electron chi connectivity index (χ3n) is 5.37. The molecular weight excluding hydrogens is 304 g/mol. The number of ketones is 1. The van der Waals surface area contributed by atoms with E-state index in [1.165, 1.54) is 0 Å². The number of urea groups is 1. The molecule has 0 heterocycles. The number of nitrogens with one attached hydrogen (secondary N) is 2. The SMILES string of the molecule is CC(=O)[C@H]1C[C@@H](CC(=O)NC(=O)Nc2c(C)cccc2C)C1(C)C. The number of hydrogen-bond donors (Lipinski definition) is 2. The van der Waals surface area contributed by atoms with Crippen LogP contribution in [0.1, 0.15) is 44.7 Å². The smallest absolute Gasteiger partial charge is 0.307 e. The average molecular weight is 330 g/mol. The van der Waals surface area contributed by atoms with E-state index >= 15 is 0 Å². The number of hydrogen-bond acceptors (Lipinski definition) is 3. The first kappa shape index (κ1) is 18.2. The third-order valence-corrected chi connectivity index (χ3v) is 5.37. The molecule has 0 saturated heterocycles. The standard InChI is InChI=1S/C19H26N2O3/c1-11-7-6-8-12(2)17(11)21-18(24)20-16(23)10-14-9-15(13(3)22)19(14,4)5/h6-8,14-15H,9-10H2,1-5H3,(H2,20,21,23,24)/t14-,15+/m0/s1. The van der Waals surface area contributed by atoms with Crippen molar-refractivity contribution in [1.82, 2.24) is 5.32 Å². The summed E-state index contributed by atoms with van der Waals surface area (Å²) < 4.78 is 0. The molecule has 0 aliphatic heterocycles. The number of amides is 3. The second-order valence-electron chi connectivity index (χ2n) is 7.39. The molecule has 2 atom stereocenters. The Morgan fingerprint density at radius 2 is 1.75 bits per heavy atom. The Morgan fingerprint density at radius 1 is 1.17 bits per heavy atom. The first-order valence-electron chi connectivity index (χ1n) is 8.30. The number of benzene rings is 1. The van der Waals surface area contributed by atoms with Gasteiger partial charge in [0, 0.05) is 18.0 Å². The van der Waals surface area contributed by atoms with Gasteiger partial charge >= 0.3 is 6.03 Å². The lowest BCUT2D eigenvalue weighted by Gasteiger charge is -2.51. The molecule has 0 unspecified atom stereocenters. The second kappa shape index (κ2) is 6.75. The molecular formula is C19H26N2O3. The van der Waals surface area contributed by atoms with Crippen LogP contribution in [0.4, 0.5) is 10.5 Å². The fourth-order valence-corrected chi connectivity index (χ4v) is 3.61. The van der Waals surface area contributed by atoms with Crippen molar-refractivity contribution in [3.8, 4) is 0 Å². The zero-order valence-electron chi connectivity index (χ0n) is 15.0. The lowest BCUT2D eigenvalue weighted by Crippen LogP contribution is -2.50. The lowest BCUT2D eigenvalue weighted by atomic mass is 9.52. The van der Waals surface area contributed by atoms with E-state index in [2.05, 4.69) is 10.6 Å². The highest BCUT2D eigenvalue weighted by atomic mass is 16.2. The van der Waals surface area contributed by atoms with Crippen LogP contribution in [-0.2, 0) is 9.59 Å². The summed E-state index contributed by atoms with van der Waals surface area (Å²) in [5.74, 6) is 0.00128. The molecule has 0 aromatic heterocycles. The third kappa shape index (κ3) is 3.66. The summed E-state index contributed by atoms with van der Waals surface area (Å²) in [6.45, 7) is 9.43. The molecule has 1 saturated carbocycles. The maximum absolute atomic E-state index is 12.1. The van der Waals surface area contributed by atoms with Crippen molar-refractivity contribution < 1.29 is 14.4 Å². The normalized spacial score (nSPS) is 21.5. The Kier molecular flexibility index (Phi) is 5.11. The van der Waals surface area contributed by atoms with Crippen LogP contribution in [0.3, 0.4) is 0 Å². The van der Waals surface area contributed by atoms with Gasteiger partial charge in [-0.1, -0.05) is 32.0 Å². The number of carbonyl (C=O) groups excluding carboxylic acids is 3. The minimum atomic E-state index is -0.516. The molecule has 0 spiro atoms. The van der Waals surface area contributed by atoms with Gasteiger partial charge in [0.05, 0.1) is 0 Å². The molecule has 130 valence electrons. The van der Waals surface area contributed by atoms with E-state index in [0.29, 0.717) is 6.42 Å². The van der Waals surface area contributed by atoms with Crippen LogP contribution >= 0.6 is 0 Å². The van der Waals surface area contributed by atoms with E-state index in [9.17, 15) is 14.4 Å². The number of carbonyl (C=O) groups is 3. The van der Waals surface area contributed by atoms with E-state index in [-0.39, 0.29) is 35.4 Å². The van der Waals surface area contributed by atoms with Crippen LogP contribution in [0.2, 0.25) is 0 Å². The summed E-state index contributed by atoms with van der Waals surface area (Å²) in [6.07, 6.45) is 0.977. The molecule has 1 aliphatic carbocycles. The van der Waals surface area contributed by atoms with Crippen LogP contribution in [0, 0.1) is 31.1 Å². The van der Waals surface area contributed by atoms with Crippen molar-refractivity contribution in [1.29, 1.82) is 0 Å². The van der Waals surface area contributed by atoms with Gasteiger partial charge in [0.2, 0.25) is 5.91 Å². The van der Waals surface area contributed by atoms with Gasteiger partial charge in [-0.2, -0.15) is 0 Å². The lowest BCUT2D eigenvalue weighted by molar-refractivity contribution is -0.140. The predicted molar refractivity (Wildman–Crippen MR) is 93.8 cm³/mol. The number of anilines is 1. The van der Waals surface area contributed by atoms with Crippen molar-refractivity contribution in [3.63, 3.8) is 0 Å². The Balaban J connectivity index is 1.89. The number of rotatable bonds is 4. The van der Waals surface area contributed by atoms with Crippen molar-refractivity contribution in [2.75, 3.05) is 5.32 Å². The topological polar surface area (TPSA) is 75.3 Å². The quantitative estimate of drug-likeness (QED) is 0.886. The summed E-state index contributed by atoms with van der Waals surface area (Å²) in [4.78, 5) is 35.7. The number of para-hydroxylation sites is 1. The minimum absolute atomic E-state index is 0.0127. The Bertz CT molecular complexity index is 659. The summed E-state index contributed by atoms with van der Waals surface area (Å²) in [5, 5.41) is 5.13. The van der Waals surface area contributed by atoms with Gasteiger partial charge in [-0.3, -0.25) is 14.9 Å². The van der Waals surface area contributed by atoms with E-state index < -0.39 is 6.03 Å². The highest BCUT2D eigenvalue weighted by Gasteiger charge is 2.50. The van der Waals surface area contributed by atoms with Crippen molar-refractivity contribution in [2.45, 2.75) is 47.5 Å². The monoisotopic (exact) mass is 330 g/mol. The Labute approximate surface area is 143 Å². The van der Waals surface area contributed by atoms with E-state index in [0.717, 1.165) is 16.8 Å². The molecule has 1 aromatic carbocycles. The average Bonchev–Trinajstić information content (AvgIpc) is 2.46. The predicted octanol–water partition coefficient (Wildman–Crippen LogP) is 3.59. The van der Waals surface area contributed by atoms with Gasteiger partial charge in [0.15, 0.2) is 0 Å². The van der Waals surface area contributed by atoms with Crippen LogP contribution in [0.5, 0.6) is 0 Å². The first-order chi connectivity index (χ1) is 11.1. The minimum Gasteiger partial charge on any atom is -0.307 e. The molecule has 5 heteroatoms. The largest absolute Gasteiger partial charge is 0.325 e. The van der Waals surface area contributed by atoms with Gasteiger partial charge in [-0.25, -0.2) is 4.79 Å². The van der Waals surface area contributed by atoms with Crippen molar-refractivity contribution in [2.24, 2.45) is 17.3 Å². The van der Waals surface area contributed by atoms with Crippen molar-refractivity contribution in [3.05, 3.63) is 29.3 Å². The highest BCUT2D eigenvalue weighted by Crippen LogP contribution is 2.53. The fraction of sp³-hybridized carbons (Fsp3) is 0.526. The second-order valence-corrected chi connectivity index (χ2v) is 7.39. The van der Waals surface area contributed by atoms with Crippen LogP contribution in [0.15, 0.2) is 18.2 Å². The molecule has 1 aliphatic rings. The van der Waals surface area contributed by atoms with Gasteiger partial charge in [-0.05, 0) is 49.7 Å². The van der Waals surface area contributed by atoms with E-state index in [4.69, 9.17) is 0 Å². The van der Waals surface area contributed by atoms with Gasteiger partial charge in [0.25, 0.3) is 0 Å². The summed E-state index contributed by atoms with van der Waals surface area (Å²) in [7, 11) is 0. The highest BCUT2D eigenvalue weighted by molar-refractivity contribution is 6.02. The first-order valence-corrected chi connectivity index (χ1v) is 8.30. The zero-order valence-corrected chi connectivity index (χ0v) is 15.0. The number of aryl methyl sites for hydroxylation is 2. The van der Waals surface area contributed by atoms with Crippen LogP contribution in [-0.4, -0.2) is 17.7 Å². The number of Topliss-reactive ketones (excluding diaryl/α,β-unsaturated/α-hetero) is 1. The number of imide groups is 1. The van der Waals surface area contributed by atoms with Crippen LogP contribution < -0.4 is 10.6 Å². The molecule has 2 N–H and O–H groups in total. The van der Waals surface area contributed by atoms with E-state index in [1.54, 1.807) is 6.92 Å². The van der Waals surface area contributed by atoms with Gasteiger partial charge in [0.1, 0.15) is 5.78 Å². The van der Waals surface area contributed by atoms with E-state index in [1.807, 2.05) is 45.9 Å². The molecule has 1 fully saturated rings. The maximum Gasteiger partial charge on any atom is 0.325 e.